The highest BCUT2D eigenvalue weighted by Crippen LogP contribution is 2.58. The van der Waals surface area contributed by atoms with Gasteiger partial charge in [-0.3, -0.25) is 5.32 Å². The zero-order valence-electron chi connectivity index (χ0n) is 14.1. The lowest BCUT2D eigenvalue weighted by molar-refractivity contribution is -0.0900. The van der Waals surface area contributed by atoms with E-state index >= 15 is 0 Å². The fourth-order valence-electron chi connectivity index (χ4n) is 2.38. The lowest BCUT2D eigenvalue weighted by atomic mass is 10.1. The number of benzene rings is 1. The predicted molar refractivity (Wildman–Crippen MR) is 99.6 cm³/mol. The maximum Gasteiger partial charge on any atom is 0.356 e. The Hall–Kier alpha value is -0.430. The zero-order chi connectivity index (χ0) is 18.4. The normalized spacial score (nSPS) is 20.1. The quantitative estimate of drug-likeness (QED) is 0.469. The van der Waals surface area contributed by atoms with Gasteiger partial charge in [-0.15, -0.1) is 0 Å². The molecule has 0 radical (unpaired) electrons. The average molecular weight is 411 g/mol. The number of hydrogen-bond donors (Lipinski definition) is 3. The van der Waals surface area contributed by atoms with Crippen LogP contribution < -0.4 is 5.32 Å². The predicted octanol–water partition coefficient (Wildman–Crippen LogP) is 3.68. The molecule has 1 aromatic carbocycles. The highest BCUT2D eigenvalue weighted by molar-refractivity contribution is 7.68. The van der Waals surface area contributed by atoms with E-state index in [-0.39, 0.29) is 6.04 Å². The Morgan fingerprint density at radius 3 is 2.48 bits per heavy atom. The van der Waals surface area contributed by atoms with Crippen LogP contribution in [0.3, 0.4) is 0 Å². The Balaban J connectivity index is 2.02. The van der Waals surface area contributed by atoms with Crippen molar-refractivity contribution in [3.05, 3.63) is 45.4 Å². The molecule has 0 aromatic heterocycles. The monoisotopic (exact) mass is 410 g/mol. The first-order chi connectivity index (χ1) is 11.9. The number of rotatable bonds is 7. The first-order valence-electron chi connectivity index (χ1n) is 7.97. The molecule has 0 spiro atoms. The SMILES string of the molecule is CCOC(OCC)[P+](O)(O)C=C1CN[C@@H](c2ccc(Cl)c(Cl)c2)CO1. The van der Waals surface area contributed by atoms with Gasteiger partial charge in [-0.25, -0.2) is 9.79 Å². The van der Waals surface area contributed by atoms with Gasteiger partial charge in [-0.1, -0.05) is 29.3 Å². The van der Waals surface area contributed by atoms with Crippen molar-refractivity contribution in [3.63, 3.8) is 0 Å². The van der Waals surface area contributed by atoms with Crippen molar-refractivity contribution in [3.8, 4) is 0 Å². The molecule has 6 nitrogen and oxygen atoms in total. The molecule has 2 rings (SSSR count). The first-order valence-corrected chi connectivity index (χ1v) is 10.6. The van der Waals surface area contributed by atoms with Crippen LogP contribution >= 0.6 is 30.9 Å². The van der Waals surface area contributed by atoms with Gasteiger partial charge in [0.15, 0.2) is 5.82 Å². The van der Waals surface area contributed by atoms with Crippen molar-refractivity contribution in [2.75, 3.05) is 26.4 Å². The molecule has 0 unspecified atom stereocenters. The summed E-state index contributed by atoms with van der Waals surface area (Å²) in [5.41, 5.74) is 0.948. The van der Waals surface area contributed by atoms with Crippen LogP contribution in [0.15, 0.2) is 29.8 Å². The summed E-state index contributed by atoms with van der Waals surface area (Å²) < 4.78 is 16.2. The molecule has 0 amide bonds. The molecule has 140 valence electrons. The highest BCUT2D eigenvalue weighted by Gasteiger charge is 2.46. The van der Waals surface area contributed by atoms with E-state index < -0.39 is 13.7 Å². The van der Waals surface area contributed by atoms with Gasteiger partial charge in [0.2, 0.25) is 0 Å². The third kappa shape index (κ3) is 5.78. The second kappa shape index (κ2) is 9.49. The Morgan fingerprint density at radius 1 is 1.28 bits per heavy atom. The van der Waals surface area contributed by atoms with Crippen LogP contribution in [0, 0.1) is 0 Å². The third-order valence-electron chi connectivity index (χ3n) is 3.57. The number of hydrogen-bond acceptors (Lipinski definition) is 6. The minimum atomic E-state index is -3.57. The summed E-state index contributed by atoms with van der Waals surface area (Å²) in [6, 6.07) is 4.26. The summed E-state index contributed by atoms with van der Waals surface area (Å²) in [5, 5.41) is 4.25. The van der Waals surface area contributed by atoms with Gasteiger partial charge in [0, 0.05) is 0 Å². The Labute approximate surface area is 158 Å². The molecular formula is C16H23Cl2NO5P+. The van der Waals surface area contributed by atoms with Crippen molar-refractivity contribution in [2.45, 2.75) is 25.9 Å². The molecule has 1 aromatic rings. The van der Waals surface area contributed by atoms with Gasteiger partial charge in [0.05, 0.1) is 35.8 Å². The van der Waals surface area contributed by atoms with E-state index in [1.165, 1.54) is 5.82 Å². The molecule has 3 N–H and O–H groups in total. The third-order valence-corrected chi connectivity index (χ3v) is 5.89. The van der Waals surface area contributed by atoms with Crippen LogP contribution in [0.4, 0.5) is 0 Å². The summed E-state index contributed by atoms with van der Waals surface area (Å²) in [6.45, 7) is 4.83. The molecule has 1 saturated heterocycles. The summed E-state index contributed by atoms with van der Waals surface area (Å²) in [4.78, 5) is 20.7. The largest absolute Gasteiger partial charge is 0.491 e. The number of ether oxygens (including phenoxy) is 3. The van der Waals surface area contributed by atoms with E-state index in [1.807, 2.05) is 6.07 Å². The van der Waals surface area contributed by atoms with Gasteiger partial charge in [0.25, 0.3) is 0 Å². The standard InChI is InChI=1S/C16H23Cl2NO5P/c1-3-22-16(23-4-2)25(20,21)10-12-8-19-15(9-24-12)11-5-6-13(17)14(18)7-11/h5-7,10,15-16,19-21H,3-4,8-9H2,1-2H3/q+1/t15-/m1/s1. The van der Waals surface area contributed by atoms with Crippen molar-refractivity contribution in [2.24, 2.45) is 0 Å². The van der Waals surface area contributed by atoms with Crippen molar-refractivity contribution >= 4 is 30.9 Å². The van der Waals surface area contributed by atoms with Gasteiger partial charge in [0.1, 0.15) is 12.4 Å². The molecule has 1 heterocycles. The summed E-state index contributed by atoms with van der Waals surface area (Å²) >= 11 is 12.0. The van der Waals surface area contributed by atoms with E-state index in [9.17, 15) is 9.79 Å². The molecular weight excluding hydrogens is 388 g/mol. The second-order valence-electron chi connectivity index (χ2n) is 5.43. The van der Waals surface area contributed by atoms with Gasteiger partial charge in [-0.05, 0) is 31.5 Å². The van der Waals surface area contributed by atoms with Crippen LogP contribution in [0.5, 0.6) is 0 Å². The fraction of sp³-hybridized carbons (Fsp3) is 0.500. The van der Waals surface area contributed by atoms with E-state index in [0.29, 0.717) is 42.2 Å². The van der Waals surface area contributed by atoms with Crippen molar-refractivity contribution < 1.29 is 24.0 Å². The van der Waals surface area contributed by atoms with E-state index in [1.54, 1.807) is 26.0 Å². The second-order valence-corrected chi connectivity index (χ2v) is 8.33. The topological polar surface area (TPSA) is 80.2 Å². The van der Waals surface area contributed by atoms with Gasteiger partial charge >= 0.3 is 13.7 Å². The van der Waals surface area contributed by atoms with Crippen LogP contribution in [0.25, 0.3) is 0 Å². The van der Waals surface area contributed by atoms with Crippen LogP contribution in [-0.2, 0) is 14.2 Å². The number of morpholine rings is 1. The Morgan fingerprint density at radius 2 is 1.96 bits per heavy atom. The molecule has 9 heteroatoms. The fourth-order valence-corrected chi connectivity index (χ4v) is 4.13. The summed E-state index contributed by atoms with van der Waals surface area (Å²) in [6.07, 6.45) is 0. The molecule has 1 aliphatic heterocycles. The lowest BCUT2D eigenvalue weighted by Gasteiger charge is -2.27. The smallest absolute Gasteiger partial charge is 0.356 e. The van der Waals surface area contributed by atoms with E-state index in [4.69, 9.17) is 37.4 Å². The molecule has 25 heavy (non-hydrogen) atoms. The molecule has 1 aliphatic rings. The number of halogens is 2. The zero-order valence-corrected chi connectivity index (χ0v) is 16.5. The van der Waals surface area contributed by atoms with Gasteiger partial charge < -0.3 is 14.2 Å². The minimum Gasteiger partial charge on any atom is -0.491 e. The van der Waals surface area contributed by atoms with Crippen LogP contribution in [-0.4, -0.2) is 42.2 Å². The first kappa shape index (κ1) is 20.9. The Kier molecular flexibility index (Phi) is 7.92. The molecule has 1 fully saturated rings. The van der Waals surface area contributed by atoms with Crippen LogP contribution in [0.1, 0.15) is 25.5 Å². The average Bonchev–Trinajstić information content (AvgIpc) is 2.57. The molecule has 0 aliphatic carbocycles. The minimum absolute atomic E-state index is 0.0633. The Bertz CT molecular complexity index is 598. The molecule has 1 atom stereocenters. The highest BCUT2D eigenvalue weighted by atomic mass is 35.5. The van der Waals surface area contributed by atoms with Gasteiger partial charge in [-0.2, -0.15) is 0 Å². The van der Waals surface area contributed by atoms with Crippen LogP contribution in [0.2, 0.25) is 10.0 Å². The molecule has 0 saturated carbocycles. The molecule has 0 bridgehead atoms. The number of nitrogens with one attached hydrogen (secondary N) is 1. The maximum absolute atomic E-state index is 10.3. The maximum atomic E-state index is 10.3. The van der Waals surface area contributed by atoms with Crippen molar-refractivity contribution in [1.82, 2.24) is 5.32 Å². The summed E-state index contributed by atoms with van der Waals surface area (Å²) in [5.74, 6) is 1.75. The summed E-state index contributed by atoms with van der Waals surface area (Å²) in [7, 11) is -3.57. The lowest BCUT2D eigenvalue weighted by Crippen LogP contribution is -2.33. The van der Waals surface area contributed by atoms with E-state index in [0.717, 1.165) is 5.56 Å². The van der Waals surface area contributed by atoms with E-state index in [2.05, 4.69) is 5.32 Å². The van der Waals surface area contributed by atoms with Crippen molar-refractivity contribution in [1.29, 1.82) is 0 Å².